The van der Waals surface area contributed by atoms with E-state index in [4.69, 9.17) is 0 Å². The monoisotopic (exact) mass is 200 g/mol. The van der Waals surface area contributed by atoms with E-state index in [0.29, 0.717) is 6.29 Å². The van der Waals surface area contributed by atoms with Gasteiger partial charge in [0.25, 0.3) is 0 Å². The number of hydrogen-bond acceptors (Lipinski definition) is 3. The zero-order valence-corrected chi connectivity index (χ0v) is 7.80. The number of hydrogen-bond donors (Lipinski definition) is 1. The van der Waals surface area contributed by atoms with Crippen molar-refractivity contribution in [2.45, 2.75) is 6.92 Å². The van der Waals surface area contributed by atoms with Crippen molar-refractivity contribution in [2.24, 2.45) is 0 Å². The number of rotatable bonds is 2. The van der Waals surface area contributed by atoms with Crippen LogP contribution in [0.5, 0.6) is 5.75 Å². The molecule has 0 radical (unpaired) electrons. The number of carbonyl (C=O) groups is 2. The van der Waals surface area contributed by atoms with E-state index in [-0.39, 0.29) is 35.1 Å². The molecule has 1 aromatic carbocycles. The first-order valence-corrected chi connectivity index (χ1v) is 3.45. The molecule has 4 heteroatoms. The molecule has 0 amide bonds. The Labute approximate surface area is 81.8 Å². The fourth-order valence-electron chi connectivity index (χ4n) is 0.941. The average molecular weight is 201 g/mol. The Morgan fingerprint density at radius 1 is 1.46 bits per heavy atom. The van der Waals surface area contributed by atoms with Crippen molar-refractivity contribution in [3.63, 3.8) is 0 Å². The third kappa shape index (κ3) is 2.29. The summed E-state index contributed by atoms with van der Waals surface area (Å²) in [5.74, 6) is -0.490. The van der Waals surface area contributed by atoms with Crippen molar-refractivity contribution in [2.75, 3.05) is 0 Å². The maximum absolute atomic E-state index is 10.9. The summed E-state index contributed by atoms with van der Waals surface area (Å²) in [5.41, 5.74) is 0.322. The minimum atomic E-state index is -0.254. The van der Waals surface area contributed by atoms with E-state index in [2.05, 4.69) is 0 Å². The van der Waals surface area contributed by atoms with E-state index < -0.39 is 0 Å². The lowest BCUT2D eigenvalue weighted by atomic mass is 10.1. The Morgan fingerprint density at radius 2 is 2.08 bits per heavy atom. The van der Waals surface area contributed by atoms with Crippen molar-refractivity contribution in [1.82, 2.24) is 0 Å². The van der Waals surface area contributed by atoms with Crippen LogP contribution in [0.15, 0.2) is 18.2 Å². The minimum absolute atomic E-state index is 0. The standard InChI is InChI=1S/C9H8O3.ClH/c1-6(11)8-4-2-3-7(5-10)9(8)12;/h2-5,12H,1H3;1H. The molecule has 0 aliphatic heterocycles. The highest BCUT2D eigenvalue weighted by molar-refractivity contribution is 5.99. The average Bonchev–Trinajstić information content (AvgIpc) is 2.04. The van der Waals surface area contributed by atoms with Gasteiger partial charge in [0.1, 0.15) is 5.75 Å². The summed E-state index contributed by atoms with van der Waals surface area (Å²) in [6.07, 6.45) is 0.516. The van der Waals surface area contributed by atoms with Gasteiger partial charge < -0.3 is 5.11 Å². The number of ketones is 1. The van der Waals surface area contributed by atoms with Crippen LogP contribution in [0, 0.1) is 0 Å². The Morgan fingerprint density at radius 3 is 2.54 bits per heavy atom. The summed E-state index contributed by atoms with van der Waals surface area (Å²) in [6.45, 7) is 1.34. The van der Waals surface area contributed by atoms with Crippen molar-refractivity contribution in [3.8, 4) is 5.75 Å². The molecule has 1 rings (SSSR count). The third-order valence-corrected chi connectivity index (χ3v) is 1.57. The largest absolute Gasteiger partial charge is 0.506 e. The van der Waals surface area contributed by atoms with Crippen LogP contribution < -0.4 is 0 Å². The quantitative estimate of drug-likeness (QED) is 0.585. The van der Waals surface area contributed by atoms with Crippen LogP contribution in [0.2, 0.25) is 0 Å². The molecule has 1 N–H and O–H groups in total. The van der Waals surface area contributed by atoms with Crippen LogP contribution in [-0.2, 0) is 0 Å². The molecule has 13 heavy (non-hydrogen) atoms. The fraction of sp³-hybridized carbons (Fsp3) is 0.111. The topological polar surface area (TPSA) is 54.4 Å². The second kappa shape index (κ2) is 4.62. The number of para-hydroxylation sites is 1. The molecule has 0 aromatic heterocycles. The van der Waals surface area contributed by atoms with Crippen LogP contribution in [0.1, 0.15) is 27.6 Å². The molecule has 3 nitrogen and oxygen atoms in total. The number of aldehydes is 1. The van der Waals surface area contributed by atoms with E-state index >= 15 is 0 Å². The molecule has 0 spiro atoms. The second-order valence-electron chi connectivity index (χ2n) is 2.42. The lowest BCUT2D eigenvalue weighted by Gasteiger charge is -2.01. The van der Waals surface area contributed by atoms with Crippen LogP contribution in [-0.4, -0.2) is 17.2 Å². The predicted octanol–water partition coefficient (Wildman–Crippen LogP) is 1.83. The lowest BCUT2D eigenvalue weighted by Crippen LogP contribution is -1.94. The fourth-order valence-corrected chi connectivity index (χ4v) is 0.941. The van der Waals surface area contributed by atoms with Gasteiger partial charge >= 0.3 is 0 Å². The zero-order chi connectivity index (χ0) is 9.14. The van der Waals surface area contributed by atoms with Gasteiger partial charge in [-0.2, -0.15) is 0 Å². The summed E-state index contributed by atoms with van der Waals surface area (Å²) < 4.78 is 0. The van der Waals surface area contributed by atoms with E-state index in [1.54, 1.807) is 6.07 Å². The van der Waals surface area contributed by atoms with Crippen LogP contribution in [0.25, 0.3) is 0 Å². The molecule has 0 heterocycles. The van der Waals surface area contributed by atoms with Gasteiger partial charge in [-0.15, -0.1) is 12.4 Å². The zero-order valence-electron chi connectivity index (χ0n) is 6.98. The number of phenolic OH excluding ortho intramolecular Hbond substituents is 1. The highest BCUT2D eigenvalue weighted by Gasteiger charge is 2.08. The maximum Gasteiger partial charge on any atom is 0.163 e. The molecule has 0 bridgehead atoms. The van der Waals surface area contributed by atoms with Gasteiger partial charge in [0.2, 0.25) is 0 Å². The van der Waals surface area contributed by atoms with Crippen molar-refractivity contribution >= 4 is 24.5 Å². The Balaban J connectivity index is 0.00000144. The lowest BCUT2D eigenvalue weighted by molar-refractivity contribution is 0.101. The smallest absolute Gasteiger partial charge is 0.163 e. The SMILES string of the molecule is CC(=O)c1cccc(C=O)c1O.Cl. The van der Waals surface area contributed by atoms with Crippen molar-refractivity contribution < 1.29 is 14.7 Å². The Bertz CT molecular complexity index is 334. The number of aromatic hydroxyl groups is 1. The first-order valence-electron chi connectivity index (χ1n) is 3.45. The van der Waals surface area contributed by atoms with Gasteiger partial charge in [0.05, 0.1) is 11.1 Å². The highest BCUT2D eigenvalue weighted by atomic mass is 35.5. The molecule has 0 fully saturated rings. The Hall–Kier alpha value is -1.35. The molecule has 1 aromatic rings. The molecule has 0 unspecified atom stereocenters. The van der Waals surface area contributed by atoms with E-state index in [9.17, 15) is 14.7 Å². The van der Waals surface area contributed by atoms with Crippen molar-refractivity contribution in [1.29, 1.82) is 0 Å². The van der Waals surface area contributed by atoms with Crippen LogP contribution in [0.3, 0.4) is 0 Å². The first-order chi connectivity index (χ1) is 5.66. The molecule has 0 aliphatic carbocycles. The van der Waals surface area contributed by atoms with Crippen LogP contribution in [0.4, 0.5) is 0 Å². The number of Topliss-reactive ketones (excluding diaryl/α,β-unsaturated/α-hetero) is 1. The molecule has 0 atom stereocenters. The highest BCUT2D eigenvalue weighted by Crippen LogP contribution is 2.20. The summed E-state index contributed by atoms with van der Waals surface area (Å²) >= 11 is 0. The summed E-state index contributed by atoms with van der Waals surface area (Å²) in [7, 11) is 0. The number of carbonyl (C=O) groups excluding carboxylic acids is 2. The normalized spacial score (nSPS) is 8.69. The number of phenols is 1. The van der Waals surface area contributed by atoms with Gasteiger partial charge in [-0.3, -0.25) is 9.59 Å². The van der Waals surface area contributed by atoms with E-state index in [1.165, 1.54) is 19.1 Å². The number of benzene rings is 1. The third-order valence-electron chi connectivity index (χ3n) is 1.57. The minimum Gasteiger partial charge on any atom is -0.506 e. The maximum atomic E-state index is 10.9. The van der Waals surface area contributed by atoms with Crippen molar-refractivity contribution in [3.05, 3.63) is 29.3 Å². The molecule has 0 saturated carbocycles. The first kappa shape index (κ1) is 11.6. The second-order valence-corrected chi connectivity index (χ2v) is 2.42. The summed E-state index contributed by atoms with van der Waals surface area (Å²) in [4.78, 5) is 21.2. The van der Waals surface area contributed by atoms with Gasteiger partial charge in [-0.25, -0.2) is 0 Å². The molecular weight excluding hydrogens is 192 g/mol. The molecule has 0 saturated heterocycles. The van der Waals surface area contributed by atoms with E-state index in [0.717, 1.165) is 0 Å². The Kier molecular flexibility index (Phi) is 4.14. The van der Waals surface area contributed by atoms with Crippen LogP contribution >= 0.6 is 12.4 Å². The van der Waals surface area contributed by atoms with Gasteiger partial charge in [0.15, 0.2) is 12.1 Å². The molecule has 70 valence electrons. The summed E-state index contributed by atoms with van der Waals surface area (Å²) in [5, 5.41) is 9.31. The van der Waals surface area contributed by atoms with Gasteiger partial charge in [0, 0.05) is 0 Å². The van der Waals surface area contributed by atoms with E-state index in [1.807, 2.05) is 0 Å². The van der Waals surface area contributed by atoms with Gasteiger partial charge in [-0.05, 0) is 19.1 Å². The van der Waals surface area contributed by atoms with Gasteiger partial charge in [-0.1, -0.05) is 6.07 Å². The number of halogens is 1. The summed E-state index contributed by atoms with van der Waals surface area (Å²) in [6, 6.07) is 4.49. The molecule has 0 aliphatic rings. The predicted molar refractivity (Wildman–Crippen MR) is 50.7 cm³/mol. The molecular formula is C9H9ClO3.